The van der Waals surface area contributed by atoms with Gasteiger partial charge in [0.2, 0.25) is 11.8 Å². The van der Waals surface area contributed by atoms with Crippen molar-refractivity contribution in [1.82, 2.24) is 24.8 Å². The van der Waals surface area contributed by atoms with Gasteiger partial charge in [0.05, 0.1) is 11.3 Å². The molecule has 3 aromatic rings. The van der Waals surface area contributed by atoms with Crippen molar-refractivity contribution in [3.63, 3.8) is 0 Å². The highest BCUT2D eigenvalue weighted by atomic mass is 16.2. The summed E-state index contributed by atoms with van der Waals surface area (Å²) in [7, 11) is 0. The Hall–Kier alpha value is -4.57. The first-order chi connectivity index (χ1) is 19.5. The zero-order valence-corrected chi connectivity index (χ0v) is 22.2. The summed E-state index contributed by atoms with van der Waals surface area (Å²) in [6, 6.07) is 12.0. The lowest BCUT2D eigenvalue weighted by atomic mass is 9.91. The standard InChI is InChI=1S/C30H32N8O2/c31-24-14-21(6-7-22(24)17-33-16-19-4-2-1-3-5-19)23-15-26(38-28(23)29(32)34-18-35-38)20-10-12-37(13-11-20)30(40)25-8-9-27(39)36-25/h1-7,14-15,17-18,20,25,31,33H,8-13,16H2,(H,36,39)(H2,32,34,35)/p+1/b22-17-,31-24?. The Bertz CT molecular complexity index is 1560. The Morgan fingerprint density at radius 2 is 1.98 bits per heavy atom. The van der Waals surface area contributed by atoms with Gasteiger partial charge in [0.25, 0.3) is 0 Å². The molecule has 0 saturated carbocycles. The van der Waals surface area contributed by atoms with Gasteiger partial charge in [0.1, 0.15) is 30.6 Å². The Kier molecular flexibility index (Phi) is 7.00. The average molecular weight is 538 g/mol. The predicted molar refractivity (Wildman–Crippen MR) is 152 cm³/mol. The number of nitrogens with one attached hydrogen (secondary N) is 2. The van der Waals surface area contributed by atoms with Gasteiger partial charge in [-0.1, -0.05) is 36.4 Å². The molecule has 2 amide bonds. The second kappa shape index (κ2) is 10.9. The zero-order valence-electron chi connectivity index (χ0n) is 22.2. The van der Waals surface area contributed by atoms with E-state index in [1.165, 1.54) is 11.9 Å². The molecular formula is C30H33N8O2+. The Balaban J connectivity index is 1.19. The van der Waals surface area contributed by atoms with E-state index in [0.29, 0.717) is 37.5 Å². The van der Waals surface area contributed by atoms with E-state index in [0.717, 1.165) is 47.3 Å². The van der Waals surface area contributed by atoms with Crippen LogP contribution in [-0.2, 0) is 16.1 Å². The smallest absolute Gasteiger partial charge is 0.245 e. The van der Waals surface area contributed by atoms with Crippen molar-refractivity contribution in [1.29, 1.82) is 5.41 Å². The molecule has 1 aliphatic carbocycles. The number of rotatable bonds is 6. The molecule has 0 spiro atoms. The van der Waals surface area contributed by atoms with E-state index in [-0.39, 0.29) is 17.7 Å². The van der Waals surface area contributed by atoms with Crippen molar-refractivity contribution in [2.75, 3.05) is 18.8 Å². The van der Waals surface area contributed by atoms with E-state index in [9.17, 15) is 9.59 Å². The van der Waals surface area contributed by atoms with E-state index >= 15 is 0 Å². The molecule has 10 nitrogen and oxygen atoms in total. The molecule has 0 radical (unpaired) electrons. The molecule has 2 aromatic heterocycles. The van der Waals surface area contributed by atoms with Crippen LogP contribution in [0.15, 0.2) is 72.7 Å². The van der Waals surface area contributed by atoms with Gasteiger partial charge in [-0.05, 0) is 43.1 Å². The minimum atomic E-state index is -0.396. The number of carbonyl (C=O) groups excluding carboxylic acids is 2. The molecule has 4 heterocycles. The number of nitrogen functional groups attached to an aromatic ring is 1. The molecule has 2 saturated heterocycles. The highest BCUT2D eigenvalue weighted by Gasteiger charge is 2.34. The first-order valence-electron chi connectivity index (χ1n) is 13.7. The van der Waals surface area contributed by atoms with Crippen LogP contribution in [0.4, 0.5) is 5.82 Å². The van der Waals surface area contributed by atoms with Gasteiger partial charge in [0, 0.05) is 42.2 Å². The summed E-state index contributed by atoms with van der Waals surface area (Å²) in [4.78, 5) is 30.6. The second-order valence-electron chi connectivity index (χ2n) is 10.5. The number of hydrogen-bond donors (Lipinski definition) is 4. The number of quaternary nitrogens is 1. The summed E-state index contributed by atoms with van der Waals surface area (Å²) in [6.07, 6.45) is 11.9. The average Bonchev–Trinajstić information content (AvgIpc) is 3.59. The quantitative estimate of drug-likeness (QED) is 0.380. The van der Waals surface area contributed by atoms with Gasteiger partial charge in [-0.25, -0.2) is 9.50 Å². The summed E-state index contributed by atoms with van der Waals surface area (Å²) < 4.78 is 1.87. The maximum absolute atomic E-state index is 12.9. The SMILES string of the molecule is N=C1C=C(c2cc(C3CCN(C(=O)C4CCC(=O)N4)CC3)n3ncnc(N)c23)C=C/C1=C/[NH2+]Cc1ccccc1. The number of nitrogens with two attached hydrogens (primary N) is 2. The van der Waals surface area contributed by atoms with Crippen molar-refractivity contribution >= 4 is 34.4 Å². The number of allylic oxidation sites excluding steroid dienone is 5. The van der Waals surface area contributed by atoms with Crippen molar-refractivity contribution in [3.8, 4) is 0 Å². The lowest BCUT2D eigenvalue weighted by molar-refractivity contribution is -0.605. The van der Waals surface area contributed by atoms with Crippen LogP contribution in [0.5, 0.6) is 0 Å². The molecule has 1 unspecified atom stereocenters. The number of amides is 2. The van der Waals surface area contributed by atoms with Gasteiger partial charge in [-0.3, -0.25) is 9.59 Å². The van der Waals surface area contributed by atoms with Gasteiger partial charge >= 0.3 is 0 Å². The van der Waals surface area contributed by atoms with Gasteiger partial charge < -0.3 is 26.7 Å². The van der Waals surface area contributed by atoms with Crippen LogP contribution in [0.1, 0.15) is 48.4 Å². The van der Waals surface area contributed by atoms with E-state index < -0.39 is 6.04 Å². The molecule has 2 fully saturated rings. The molecule has 204 valence electrons. The minimum absolute atomic E-state index is 0.0115. The zero-order chi connectivity index (χ0) is 27.6. The molecule has 40 heavy (non-hydrogen) atoms. The number of benzene rings is 1. The van der Waals surface area contributed by atoms with Gasteiger partial charge in [-0.15, -0.1) is 0 Å². The fourth-order valence-corrected chi connectivity index (χ4v) is 5.82. The summed E-state index contributed by atoms with van der Waals surface area (Å²) in [5, 5.41) is 18.1. The van der Waals surface area contributed by atoms with E-state index in [2.05, 4.69) is 38.9 Å². The number of aromatic nitrogens is 3. The number of carbonyl (C=O) groups is 2. The number of likely N-dealkylation sites (tertiary alicyclic amines) is 1. The lowest BCUT2D eigenvalue weighted by Crippen LogP contribution is -2.76. The maximum Gasteiger partial charge on any atom is 0.245 e. The number of nitrogens with zero attached hydrogens (tertiary/aromatic N) is 4. The molecule has 6 N–H and O–H groups in total. The third kappa shape index (κ3) is 5.05. The van der Waals surface area contributed by atoms with E-state index in [4.69, 9.17) is 11.1 Å². The van der Waals surface area contributed by atoms with Crippen molar-refractivity contribution in [3.05, 3.63) is 89.5 Å². The molecule has 2 aliphatic heterocycles. The normalized spacial score (nSPS) is 20.8. The first kappa shape index (κ1) is 25.7. The molecular weight excluding hydrogens is 504 g/mol. The second-order valence-corrected chi connectivity index (χ2v) is 10.5. The van der Waals surface area contributed by atoms with Crippen molar-refractivity contribution < 1.29 is 14.9 Å². The van der Waals surface area contributed by atoms with Crippen LogP contribution >= 0.6 is 0 Å². The summed E-state index contributed by atoms with van der Waals surface area (Å²) in [5.74, 6) is 0.537. The van der Waals surface area contributed by atoms with Crippen LogP contribution in [0.3, 0.4) is 0 Å². The third-order valence-corrected chi connectivity index (χ3v) is 7.99. The van der Waals surface area contributed by atoms with Crippen LogP contribution in [-0.4, -0.2) is 56.2 Å². The molecule has 3 aliphatic rings. The highest BCUT2D eigenvalue weighted by molar-refractivity contribution is 6.15. The number of anilines is 1. The van der Waals surface area contributed by atoms with Crippen LogP contribution in [0.2, 0.25) is 0 Å². The highest BCUT2D eigenvalue weighted by Crippen LogP contribution is 2.36. The lowest BCUT2D eigenvalue weighted by Gasteiger charge is -2.33. The maximum atomic E-state index is 12.9. The van der Waals surface area contributed by atoms with Crippen LogP contribution in [0.25, 0.3) is 11.1 Å². The minimum Gasteiger partial charge on any atom is -0.382 e. The number of fused-ring (bicyclic) bond motifs is 1. The summed E-state index contributed by atoms with van der Waals surface area (Å²) in [5.41, 5.74) is 12.4. The topological polar surface area (TPSA) is 146 Å². The van der Waals surface area contributed by atoms with Crippen LogP contribution < -0.4 is 16.4 Å². The molecule has 1 aromatic carbocycles. The van der Waals surface area contributed by atoms with Crippen LogP contribution in [0, 0.1) is 5.41 Å². The monoisotopic (exact) mass is 537 g/mol. The van der Waals surface area contributed by atoms with Gasteiger partial charge in [-0.2, -0.15) is 5.10 Å². The Morgan fingerprint density at radius 1 is 1.18 bits per heavy atom. The Labute approximate surface area is 232 Å². The largest absolute Gasteiger partial charge is 0.382 e. The summed E-state index contributed by atoms with van der Waals surface area (Å²) >= 11 is 0. The fourth-order valence-electron chi connectivity index (χ4n) is 5.82. The first-order valence-corrected chi connectivity index (χ1v) is 13.7. The van der Waals surface area contributed by atoms with E-state index in [1.54, 1.807) is 0 Å². The summed E-state index contributed by atoms with van der Waals surface area (Å²) in [6.45, 7) is 2.06. The Morgan fingerprint density at radius 3 is 2.70 bits per heavy atom. The molecule has 10 heteroatoms. The molecule has 1 atom stereocenters. The molecule has 0 bridgehead atoms. The third-order valence-electron chi connectivity index (χ3n) is 7.99. The van der Waals surface area contributed by atoms with Crippen molar-refractivity contribution in [2.45, 2.75) is 44.2 Å². The number of hydrogen-bond acceptors (Lipinski definition) is 6. The van der Waals surface area contributed by atoms with Crippen molar-refractivity contribution in [2.24, 2.45) is 0 Å². The number of piperidine rings is 1. The fraction of sp³-hybridized carbons (Fsp3) is 0.300. The predicted octanol–water partition coefficient (Wildman–Crippen LogP) is 1.92. The van der Waals surface area contributed by atoms with Gasteiger partial charge in [0.15, 0.2) is 5.82 Å². The molecule has 6 rings (SSSR count). The van der Waals surface area contributed by atoms with E-state index in [1.807, 2.05) is 52.0 Å².